The number of benzene rings is 3. The maximum Gasteiger partial charge on any atom is 0.335 e. The summed E-state index contributed by atoms with van der Waals surface area (Å²) in [4.78, 5) is 28.9. The Labute approximate surface area is 229 Å². The summed E-state index contributed by atoms with van der Waals surface area (Å²) in [6.07, 6.45) is 2.99. The van der Waals surface area contributed by atoms with E-state index in [0.29, 0.717) is 44.7 Å². The van der Waals surface area contributed by atoms with Gasteiger partial charge in [-0.3, -0.25) is 4.79 Å². The smallest absolute Gasteiger partial charge is 0.335 e. The van der Waals surface area contributed by atoms with Gasteiger partial charge in [0.05, 0.1) is 29.8 Å². The molecule has 0 fully saturated rings. The number of fused-ring (bicyclic) bond motifs is 1. The number of ether oxygens (including phenoxy) is 2. The van der Waals surface area contributed by atoms with E-state index in [1.165, 1.54) is 23.9 Å². The molecule has 1 N–H and O–H groups in total. The maximum absolute atomic E-state index is 13.2. The van der Waals surface area contributed by atoms with Crippen molar-refractivity contribution in [1.82, 2.24) is 9.66 Å². The molecule has 0 saturated heterocycles. The lowest BCUT2D eigenvalue weighted by atomic mass is 10.1. The molecule has 0 amide bonds. The van der Waals surface area contributed by atoms with Crippen molar-refractivity contribution < 1.29 is 19.4 Å². The zero-order valence-electron chi connectivity index (χ0n) is 20.1. The van der Waals surface area contributed by atoms with Crippen LogP contribution in [0.2, 0.25) is 0 Å². The van der Waals surface area contributed by atoms with Gasteiger partial charge in [-0.05, 0) is 70.4 Å². The van der Waals surface area contributed by atoms with E-state index in [1.54, 1.807) is 36.5 Å². The molecule has 0 radical (unpaired) electrons. The molecule has 0 aliphatic carbocycles. The first-order valence-electron chi connectivity index (χ1n) is 11.4. The number of aromatic nitrogens is 2. The minimum absolute atomic E-state index is 0.211. The van der Waals surface area contributed by atoms with Crippen molar-refractivity contribution >= 4 is 54.9 Å². The van der Waals surface area contributed by atoms with Crippen LogP contribution in [0.3, 0.4) is 0 Å². The summed E-state index contributed by atoms with van der Waals surface area (Å²) < 4.78 is 14.3. The number of hydrogen-bond acceptors (Lipinski definition) is 6. The molecule has 4 rings (SSSR count). The number of halogens is 2. The molecule has 3 aromatic carbocycles. The molecule has 190 valence electrons. The Morgan fingerprint density at radius 2 is 1.86 bits per heavy atom. The van der Waals surface area contributed by atoms with Crippen LogP contribution in [0.1, 0.15) is 40.7 Å². The summed E-state index contributed by atoms with van der Waals surface area (Å²) >= 11 is 6.97. The number of carbonyl (C=O) groups is 1. The highest BCUT2D eigenvalue weighted by atomic mass is 79.9. The second-order valence-corrected chi connectivity index (χ2v) is 9.89. The molecule has 0 saturated carbocycles. The average Bonchev–Trinajstić information content (AvgIpc) is 2.89. The van der Waals surface area contributed by atoms with Gasteiger partial charge in [-0.25, -0.2) is 9.78 Å². The van der Waals surface area contributed by atoms with Gasteiger partial charge >= 0.3 is 5.97 Å². The van der Waals surface area contributed by atoms with Crippen LogP contribution in [0.4, 0.5) is 0 Å². The zero-order valence-corrected chi connectivity index (χ0v) is 23.2. The quantitative estimate of drug-likeness (QED) is 0.227. The number of aromatic carboxylic acids is 1. The van der Waals surface area contributed by atoms with Gasteiger partial charge in [0.1, 0.15) is 12.4 Å². The lowest BCUT2D eigenvalue weighted by Gasteiger charge is -2.13. The van der Waals surface area contributed by atoms with Crippen LogP contribution in [0.15, 0.2) is 73.4 Å². The van der Waals surface area contributed by atoms with Crippen LogP contribution in [-0.4, -0.2) is 34.1 Å². The third kappa shape index (κ3) is 6.08. The molecule has 0 aliphatic heterocycles. The third-order valence-electron chi connectivity index (χ3n) is 5.54. The summed E-state index contributed by atoms with van der Waals surface area (Å²) in [5, 5.41) is 14.0. The summed E-state index contributed by atoms with van der Waals surface area (Å²) in [5.41, 5.74) is 2.09. The van der Waals surface area contributed by atoms with Crippen molar-refractivity contribution in [1.29, 1.82) is 0 Å². The van der Waals surface area contributed by atoms with Crippen molar-refractivity contribution in [3.05, 3.63) is 96.4 Å². The van der Waals surface area contributed by atoms with Crippen LogP contribution in [0.25, 0.3) is 10.9 Å². The van der Waals surface area contributed by atoms with Crippen LogP contribution in [0.5, 0.6) is 11.5 Å². The first-order valence-corrected chi connectivity index (χ1v) is 13.0. The predicted molar refractivity (Wildman–Crippen MR) is 149 cm³/mol. The number of methoxy groups -OCH3 is 1. The van der Waals surface area contributed by atoms with Gasteiger partial charge in [0, 0.05) is 20.9 Å². The molecule has 0 spiro atoms. The largest absolute Gasteiger partial charge is 0.493 e. The number of carboxylic acid groups (broad SMARTS) is 1. The highest BCUT2D eigenvalue weighted by Gasteiger charge is 2.13. The minimum Gasteiger partial charge on any atom is -0.493 e. The number of aryl methyl sites for hydroxylation is 1. The topological polar surface area (TPSA) is 103 Å². The Morgan fingerprint density at radius 1 is 1.11 bits per heavy atom. The van der Waals surface area contributed by atoms with Gasteiger partial charge in [0.25, 0.3) is 5.56 Å². The molecule has 0 aliphatic rings. The summed E-state index contributed by atoms with van der Waals surface area (Å²) in [7, 11) is 1.54. The summed E-state index contributed by atoms with van der Waals surface area (Å²) in [6.45, 7) is 2.25. The molecule has 37 heavy (non-hydrogen) atoms. The van der Waals surface area contributed by atoms with E-state index in [1.807, 2.05) is 19.1 Å². The molecule has 0 bridgehead atoms. The van der Waals surface area contributed by atoms with E-state index >= 15 is 0 Å². The highest BCUT2D eigenvalue weighted by molar-refractivity contribution is 9.10. The van der Waals surface area contributed by atoms with Gasteiger partial charge in [0.2, 0.25) is 0 Å². The van der Waals surface area contributed by atoms with Crippen molar-refractivity contribution in [2.24, 2.45) is 5.10 Å². The normalized spacial score (nSPS) is 11.2. The standard InChI is InChI=1S/C27H23Br2N3O5/c1-3-4-25-31-22-10-9-19(28)12-20(22)26(33)32(25)30-14-18-11-23(36-2)24(13-21(18)29)37-15-16-5-7-17(8-6-16)27(34)35/h5-14H,3-4,15H2,1-2H3,(H,34,35). The van der Waals surface area contributed by atoms with E-state index in [0.717, 1.165) is 16.5 Å². The minimum atomic E-state index is -0.980. The molecule has 10 heteroatoms. The second kappa shape index (κ2) is 11.7. The fourth-order valence-electron chi connectivity index (χ4n) is 3.65. The molecular weight excluding hydrogens is 606 g/mol. The van der Waals surface area contributed by atoms with Gasteiger partial charge in [-0.1, -0.05) is 35.0 Å². The van der Waals surface area contributed by atoms with Gasteiger partial charge in [-0.15, -0.1) is 0 Å². The van der Waals surface area contributed by atoms with E-state index in [-0.39, 0.29) is 17.7 Å². The first kappa shape index (κ1) is 26.6. The lowest BCUT2D eigenvalue weighted by Crippen LogP contribution is -2.22. The number of rotatable bonds is 9. The monoisotopic (exact) mass is 627 g/mol. The number of carboxylic acids is 1. The van der Waals surface area contributed by atoms with Crippen molar-refractivity contribution in [2.75, 3.05) is 7.11 Å². The molecule has 1 aromatic heterocycles. The fraction of sp³-hybridized carbons (Fsp3) is 0.185. The van der Waals surface area contributed by atoms with E-state index in [2.05, 4.69) is 41.9 Å². The molecular formula is C27H23Br2N3O5. The fourth-order valence-corrected chi connectivity index (χ4v) is 4.43. The van der Waals surface area contributed by atoms with Crippen LogP contribution in [0, 0.1) is 0 Å². The lowest BCUT2D eigenvalue weighted by molar-refractivity contribution is 0.0697. The Kier molecular flexibility index (Phi) is 8.40. The maximum atomic E-state index is 13.2. The van der Waals surface area contributed by atoms with Crippen molar-refractivity contribution in [2.45, 2.75) is 26.4 Å². The number of nitrogens with zero attached hydrogens (tertiary/aromatic N) is 3. The Hall–Kier alpha value is -3.50. The summed E-state index contributed by atoms with van der Waals surface area (Å²) in [5.74, 6) is 0.575. The summed E-state index contributed by atoms with van der Waals surface area (Å²) in [6, 6.07) is 15.4. The first-order chi connectivity index (χ1) is 17.8. The van der Waals surface area contributed by atoms with E-state index in [4.69, 9.17) is 14.6 Å². The van der Waals surface area contributed by atoms with Crippen LogP contribution < -0.4 is 15.0 Å². The number of hydrogen-bond donors (Lipinski definition) is 1. The molecule has 0 atom stereocenters. The van der Waals surface area contributed by atoms with Crippen LogP contribution >= 0.6 is 31.9 Å². The molecule has 1 heterocycles. The van der Waals surface area contributed by atoms with Crippen molar-refractivity contribution in [3.8, 4) is 11.5 Å². The highest BCUT2D eigenvalue weighted by Crippen LogP contribution is 2.33. The molecule has 8 nitrogen and oxygen atoms in total. The Bertz CT molecular complexity index is 1550. The molecule has 0 unspecified atom stereocenters. The van der Waals surface area contributed by atoms with E-state index in [9.17, 15) is 9.59 Å². The van der Waals surface area contributed by atoms with Gasteiger partial charge < -0.3 is 14.6 Å². The second-order valence-electron chi connectivity index (χ2n) is 8.12. The van der Waals surface area contributed by atoms with E-state index < -0.39 is 5.97 Å². The Balaban J connectivity index is 1.63. The Morgan fingerprint density at radius 3 is 2.54 bits per heavy atom. The van der Waals surface area contributed by atoms with Gasteiger partial charge in [0.15, 0.2) is 11.5 Å². The molecule has 4 aromatic rings. The SMILES string of the molecule is CCCc1nc2ccc(Br)cc2c(=O)n1N=Cc1cc(OC)c(OCc2ccc(C(=O)O)cc2)cc1Br. The third-order valence-corrected chi connectivity index (χ3v) is 6.72. The zero-order chi connectivity index (χ0) is 26.5. The average molecular weight is 629 g/mol. The van der Waals surface area contributed by atoms with Crippen LogP contribution in [-0.2, 0) is 13.0 Å². The van der Waals surface area contributed by atoms with Gasteiger partial charge in [-0.2, -0.15) is 9.78 Å². The predicted octanol–water partition coefficient (Wildman–Crippen LogP) is 6.04. The van der Waals surface area contributed by atoms with Crippen molar-refractivity contribution in [3.63, 3.8) is 0 Å².